The van der Waals surface area contributed by atoms with E-state index in [1.165, 1.54) is 6.07 Å². The fourth-order valence-corrected chi connectivity index (χ4v) is 2.06. The number of halogens is 1. The van der Waals surface area contributed by atoms with Gasteiger partial charge in [0.05, 0.1) is 11.6 Å². The second-order valence-corrected chi connectivity index (χ2v) is 4.97. The average molecular weight is 293 g/mol. The summed E-state index contributed by atoms with van der Waals surface area (Å²) in [5.74, 6) is 0.597. The molecule has 0 amide bonds. The van der Waals surface area contributed by atoms with Gasteiger partial charge in [-0.25, -0.2) is 0 Å². The summed E-state index contributed by atoms with van der Waals surface area (Å²) in [5.41, 5.74) is 6.70. The Morgan fingerprint density at radius 2 is 2.15 bits per heavy atom. The summed E-state index contributed by atoms with van der Waals surface area (Å²) in [6.07, 6.45) is 1.73. The van der Waals surface area contributed by atoms with Crippen LogP contribution in [0.5, 0.6) is 5.75 Å². The highest BCUT2D eigenvalue weighted by Crippen LogP contribution is 2.27. The molecule has 20 heavy (non-hydrogen) atoms. The van der Waals surface area contributed by atoms with Crippen LogP contribution in [0.4, 0.5) is 0 Å². The zero-order valence-electron chi connectivity index (χ0n) is 11.3. The summed E-state index contributed by atoms with van der Waals surface area (Å²) in [7, 11) is 0. The molecule has 2 N–H and O–H groups in total. The molecule has 2 rings (SSSR count). The first-order valence-electron chi connectivity index (χ1n) is 6.41. The van der Waals surface area contributed by atoms with Crippen molar-refractivity contribution in [3.63, 3.8) is 0 Å². The molecule has 0 aliphatic carbocycles. The van der Waals surface area contributed by atoms with Crippen LogP contribution in [-0.4, -0.2) is 11.2 Å². The van der Waals surface area contributed by atoms with Crippen LogP contribution in [0.3, 0.4) is 0 Å². The third-order valence-corrected chi connectivity index (χ3v) is 3.27. The predicted molar refractivity (Wildman–Crippen MR) is 80.3 cm³/mol. The maximum Gasteiger partial charge on any atom is 0.250 e. The molecule has 0 aliphatic heterocycles. The van der Waals surface area contributed by atoms with Gasteiger partial charge >= 0.3 is 0 Å². The minimum Gasteiger partial charge on any atom is -0.490 e. The SMILES string of the molecule is C[C@@H](N)c1ccc(OCCn2ccccc2=O)c(Cl)c1. The summed E-state index contributed by atoms with van der Waals surface area (Å²) in [6.45, 7) is 2.75. The molecule has 1 heterocycles. The van der Waals surface area contributed by atoms with Crippen molar-refractivity contribution in [2.75, 3.05) is 6.61 Å². The van der Waals surface area contributed by atoms with E-state index in [2.05, 4.69) is 0 Å². The van der Waals surface area contributed by atoms with Gasteiger partial charge in [0.2, 0.25) is 0 Å². The van der Waals surface area contributed by atoms with E-state index in [0.717, 1.165) is 5.56 Å². The van der Waals surface area contributed by atoms with Crippen LogP contribution in [0, 0.1) is 0 Å². The zero-order chi connectivity index (χ0) is 14.5. The molecule has 5 heteroatoms. The molecule has 1 aromatic heterocycles. The van der Waals surface area contributed by atoms with Crippen LogP contribution in [0.15, 0.2) is 47.4 Å². The number of hydrogen-bond donors (Lipinski definition) is 1. The Balaban J connectivity index is 1.98. The van der Waals surface area contributed by atoms with E-state index >= 15 is 0 Å². The van der Waals surface area contributed by atoms with Crippen molar-refractivity contribution in [1.82, 2.24) is 4.57 Å². The Labute approximate surface area is 122 Å². The Morgan fingerprint density at radius 1 is 1.35 bits per heavy atom. The first kappa shape index (κ1) is 14.6. The van der Waals surface area contributed by atoms with E-state index in [-0.39, 0.29) is 11.6 Å². The lowest BCUT2D eigenvalue weighted by Crippen LogP contribution is -2.21. The lowest BCUT2D eigenvalue weighted by molar-refractivity contribution is 0.296. The lowest BCUT2D eigenvalue weighted by Gasteiger charge is -2.12. The minimum absolute atomic E-state index is 0.0468. The summed E-state index contributed by atoms with van der Waals surface area (Å²) in [4.78, 5) is 11.5. The van der Waals surface area contributed by atoms with E-state index in [4.69, 9.17) is 22.1 Å². The van der Waals surface area contributed by atoms with Crippen LogP contribution in [-0.2, 0) is 6.54 Å². The standard InChI is InChI=1S/C15H17ClN2O2/c1-11(17)12-5-6-14(13(16)10-12)20-9-8-18-7-3-2-4-15(18)19/h2-7,10-11H,8-9,17H2,1H3/t11-/m1/s1. The topological polar surface area (TPSA) is 57.2 Å². The smallest absolute Gasteiger partial charge is 0.250 e. The number of benzene rings is 1. The van der Waals surface area contributed by atoms with E-state index in [9.17, 15) is 4.79 Å². The number of rotatable bonds is 5. The minimum atomic E-state index is -0.0653. The van der Waals surface area contributed by atoms with Crippen LogP contribution in [0.2, 0.25) is 5.02 Å². The highest BCUT2D eigenvalue weighted by atomic mass is 35.5. The van der Waals surface area contributed by atoms with Crippen LogP contribution < -0.4 is 16.0 Å². The second kappa shape index (κ2) is 6.59. The van der Waals surface area contributed by atoms with Crippen molar-refractivity contribution in [3.8, 4) is 5.75 Å². The van der Waals surface area contributed by atoms with Crippen LogP contribution >= 0.6 is 11.6 Å². The first-order valence-corrected chi connectivity index (χ1v) is 6.79. The van der Waals surface area contributed by atoms with Gasteiger partial charge in [0, 0.05) is 18.3 Å². The summed E-state index contributed by atoms with van der Waals surface area (Å²) >= 11 is 6.14. The predicted octanol–water partition coefficient (Wildman–Crippen LogP) is 2.60. The molecular weight excluding hydrogens is 276 g/mol. The molecule has 1 atom stereocenters. The van der Waals surface area contributed by atoms with Crippen molar-refractivity contribution in [2.24, 2.45) is 5.73 Å². The monoisotopic (exact) mass is 292 g/mol. The molecule has 0 saturated carbocycles. The Kier molecular flexibility index (Phi) is 4.82. The fraction of sp³-hybridized carbons (Fsp3) is 0.267. The van der Waals surface area contributed by atoms with E-state index in [1.54, 1.807) is 29.0 Å². The van der Waals surface area contributed by atoms with Crippen molar-refractivity contribution in [2.45, 2.75) is 19.5 Å². The molecule has 4 nitrogen and oxygen atoms in total. The first-order chi connectivity index (χ1) is 9.58. The Bertz CT molecular complexity index is 638. The van der Waals surface area contributed by atoms with Crippen LogP contribution in [0.1, 0.15) is 18.5 Å². The van der Waals surface area contributed by atoms with Gasteiger partial charge in [0.15, 0.2) is 0 Å². The number of nitrogens with two attached hydrogens (primary N) is 1. The van der Waals surface area contributed by atoms with Gasteiger partial charge in [0.25, 0.3) is 5.56 Å². The fourth-order valence-electron chi connectivity index (χ4n) is 1.82. The van der Waals surface area contributed by atoms with Gasteiger partial charge in [-0.2, -0.15) is 0 Å². The number of pyridine rings is 1. The number of hydrogen-bond acceptors (Lipinski definition) is 3. The molecule has 0 fully saturated rings. The Hall–Kier alpha value is -1.78. The van der Waals surface area contributed by atoms with Crippen molar-refractivity contribution >= 4 is 11.6 Å². The van der Waals surface area contributed by atoms with E-state index in [0.29, 0.717) is 23.9 Å². The lowest BCUT2D eigenvalue weighted by atomic mass is 10.1. The third kappa shape index (κ3) is 3.62. The molecule has 0 spiro atoms. The highest BCUT2D eigenvalue weighted by molar-refractivity contribution is 6.32. The summed E-state index contributed by atoms with van der Waals surface area (Å²) in [6, 6.07) is 10.5. The quantitative estimate of drug-likeness (QED) is 0.921. The molecular formula is C15H17ClN2O2. The van der Waals surface area contributed by atoms with Gasteiger partial charge in [-0.3, -0.25) is 4.79 Å². The number of ether oxygens (including phenoxy) is 1. The van der Waals surface area contributed by atoms with Crippen molar-refractivity contribution in [3.05, 3.63) is 63.5 Å². The molecule has 0 radical (unpaired) electrons. The normalized spacial score (nSPS) is 12.2. The van der Waals surface area contributed by atoms with Crippen molar-refractivity contribution < 1.29 is 4.74 Å². The van der Waals surface area contributed by atoms with Gasteiger partial charge in [0.1, 0.15) is 12.4 Å². The second-order valence-electron chi connectivity index (χ2n) is 4.56. The van der Waals surface area contributed by atoms with Gasteiger partial charge in [-0.05, 0) is 30.7 Å². The summed E-state index contributed by atoms with van der Waals surface area (Å²) in [5, 5.41) is 0.528. The molecule has 106 valence electrons. The number of aromatic nitrogens is 1. The Morgan fingerprint density at radius 3 is 2.80 bits per heavy atom. The molecule has 0 saturated heterocycles. The molecule has 0 unspecified atom stereocenters. The molecule has 1 aromatic carbocycles. The molecule has 0 bridgehead atoms. The highest BCUT2D eigenvalue weighted by Gasteiger charge is 2.06. The van der Waals surface area contributed by atoms with Crippen LogP contribution in [0.25, 0.3) is 0 Å². The number of nitrogens with zero attached hydrogens (tertiary/aromatic N) is 1. The zero-order valence-corrected chi connectivity index (χ0v) is 12.0. The van der Waals surface area contributed by atoms with Gasteiger partial charge in [-0.15, -0.1) is 0 Å². The molecule has 0 aliphatic rings. The average Bonchev–Trinajstić information content (AvgIpc) is 2.42. The van der Waals surface area contributed by atoms with Gasteiger partial charge < -0.3 is 15.0 Å². The largest absolute Gasteiger partial charge is 0.490 e. The van der Waals surface area contributed by atoms with Gasteiger partial charge in [-0.1, -0.05) is 23.7 Å². The maximum absolute atomic E-state index is 11.5. The van der Waals surface area contributed by atoms with E-state index in [1.807, 2.05) is 19.1 Å². The third-order valence-electron chi connectivity index (χ3n) is 2.97. The van der Waals surface area contributed by atoms with E-state index < -0.39 is 0 Å². The summed E-state index contributed by atoms with van der Waals surface area (Å²) < 4.78 is 7.19. The maximum atomic E-state index is 11.5. The van der Waals surface area contributed by atoms with Crippen molar-refractivity contribution in [1.29, 1.82) is 0 Å². The molecule has 2 aromatic rings.